The maximum atomic E-state index is 12.3. The summed E-state index contributed by atoms with van der Waals surface area (Å²) in [4.78, 5) is 12.3. The zero-order valence-corrected chi connectivity index (χ0v) is 12.6. The number of hydrogen-bond donors (Lipinski definition) is 2. The van der Waals surface area contributed by atoms with Gasteiger partial charge in [0.2, 0.25) is 0 Å². The van der Waals surface area contributed by atoms with Crippen LogP contribution in [0.15, 0.2) is 18.2 Å². The van der Waals surface area contributed by atoms with Crippen LogP contribution in [0.4, 0.5) is 0 Å². The van der Waals surface area contributed by atoms with E-state index in [1.165, 1.54) is 6.42 Å². The number of piperidine rings is 1. The number of carbonyl (C=O) groups excluding carboxylic acids is 1. The van der Waals surface area contributed by atoms with Gasteiger partial charge in [-0.05, 0) is 53.6 Å². The van der Waals surface area contributed by atoms with E-state index in [1.54, 1.807) is 0 Å². The Kier molecular flexibility index (Phi) is 3.69. The highest BCUT2D eigenvalue weighted by Crippen LogP contribution is 2.19. The molecule has 1 aliphatic heterocycles. The second-order valence-corrected chi connectivity index (χ2v) is 6.00. The Bertz CT molecular complexity index is 604. The van der Waals surface area contributed by atoms with Crippen LogP contribution in [0.2, 0.25) is 0 Å². The molecule has 2 aromatic rings. The molecule has 1 aliphatic rings. The summed E-state index contributed by atoms with van der Waals surface area (Å²) in [7, 11) is 0. The van der Waals surface area contributed by atoms with Gasteiger partial charge in [0.1, 0.15) is 0 Å². The maximum absolute atomic E-state index is 12.3. The highest BCUT2D eigenvalue weighted by Gasteiger charge is 2.18. The molecule has 3 rings (SSSR count). The van der Waals surface area contributed by atoms with E-state index in [4.69, 9.17) is 0 Å². The standard InChI is InChI=1S/C13H15IN4O/c14-9-4-5-11-10(8-9)12(16-15-11)13(19)17-18-6-2-1-3-7-18/h4-5,8H,1-3,6-7H2,(H,15,16)(H,17,19). The first kappa shape index (κ1) is 12.9. The lowest BCUT2D eigenvalue weighted by Gasteiger charge is -2.26. The van der Waals surface area contributed by atoms with E-state index < -0.39 is 0 Å². The monoisotopic (exact) mass is 370 g/mol. The molecule has 5 nitrogen and oxygen atoms in total. The lowest BCUT2D eigenvalue weighted by atomic mass is 10.2. The molecule has 0 atom stereocenters. The summed E-state index contributed by atoms with van der Waals surface area (Å²) in [6.45, 7) is 1.84. The molecular formula is C13H15IN4O. The fourth-order valence-electron chi connectivity index (χ4n) is 2.36. The van der Waals surface area contributed by atoms with Crippen molar-refractivity contribution in [2.75, 3.05) is 13.1 Å². The number of benzene rings is 1. The average molecular weight is 370 g/mol. The number of halogens is 1. The molecule has 0 saturated carbocycles. The molecule has 1 amide bonds. The minimum Gasteiger partial charge on any atom is -0.283 e. The Labute approximate surface area is 124 Å². The van der Waals surface area contributed by atoms with Gasteiger partial charge in [-0.1, -0.05) is 6.42 Å². The van der Waals surface area contributed by atoms with Crippen molar-refractivity contribution in [1.82, 2.24) is 20.6 Å². The topological polar surface area (TPSA) is 61.0 Å². The van der Waals surface area contributed by atoms with Crippen molar-refractivity contribution in [3.8, 4) is 0 Å². The molecule has 0 spiro atoms. The number of carbonyl (C=O) groups is 1. The summed E-state index contributed by atoms with van der Waals surface area (Å²) in [6.07, 6.45) is 3.52. The van der Waals surface area contributed by atoms with E-state index in [-0.39, 0.29) is 5.91 Å². The van der Waals surface area contributed by atoms with E-state index in [9.17, 15) is 4.79 Å². The van der Waals surface area contributed by atoms with Crippen molar-refractivity contribution >= 4 is 39.4 Å². The number of nitrogens with zero attached hydrogens (tertiary/aromatic N) is 2. The molecule has 2 N–H and O–H groups in total. The Morgan fingerprint density at radius 3 is 2.89 bits per heavy atom. The molecule has 1 saturated heterocycles. The molecule has 100 valence electrons. The first-order valence-electron chi connectivity index (χ1n) is 6.43. The normalized spacial score (nSPS) is 16.7. The smallest absolute Gasteiger partial charge is 0.283 e. The summed E-state index contributed by atoms with van der Waals surface area (Å²) < 4.78 is 1.10. The van der Waals surface area contributed by atoms with E-state index in [1.807, 2.05) is 23.2 Å². The van der Waals surface area contributed by atoms with Gasteiger partial charge in [-0.15, -0.1) is 0 Å². The number of rotatable bonds is 2. The predicted molar refractivity (Wildman–Crippen MR) is 81.7 cm³/mol. The van der Waals surface area contributed by atoms with E-state index in [0.717, 1.165) is 40.4 Å². The summed E-state index contributed by atoms with van der Waals surface area (Å²) in [6, 6.07) is 5.92. The van der Waals surface area contributed by atoms with Gasteiger partial charge in [-0.2, -0.15) is 5.10 Å². The van der Waals surface area contributed by atoms with Crippen LogP contribution in [0, 0.1) is 3.57 Å². The molecule has 19 heavy (non-hydrogen) atoms. The largest absolute Gasteiger partial charge is 0.286 e. The number of nitrogens with one attached hydrogen (secondary N) is 2. The van der Waals surface area contributed by atoms with Crippen LogP contribution in [0.5, 0.6) is 0 Å². The minimum atomic E-state index is -0.129. The van der Waals surface area contributed by atoms with Crippen molar-refractivity contribution < 1.29 is 4.79 Å². The van der Waals surface area contributed by atoms with Crippen molar-refractivity contribution in [3.63, 3.8) is 0 Å². The predicted octanol–water partition coefficient (Wildman–Crippen LogP) is 2.30. The number of hydrazine groups is 1. The second-order valence-electron chi connectivity index (χ2n) is 4.75. The van der Waals surface area contributed by atoms with Gasteiger partial charge in [-0.3, -0.25) is 15.3 Å². The van der Waals surface area contributed by atoms with Crippen molar-refractivity contribution in [2.45, 2.75) is 19.3 Å². The number of aromatic nitrogens is 2. The van der Waals surface area contributed by atoms with E-state index in [2.05, 4.69) is 38.2 Å². The highest BCUT2D eigenvalue weighted by molar-refractivity contribution is 14.1. The first-order valence-corrected chi connectivity index (χ1v) is 7.51. The van der Waals surface area contributed by atoms with E-state index >= 15 is 0 Å². The van der Waals surface area contributed by atoms with Gasteiger partial charge in [0.25, 0.3) is 5.91 Å². The van der Waals surface area contributed by atoms with Crippen LogP contribution in [0.3, 0.4) is 0 Å². The minimum absolute atomic E-state index is 0.129. The molecule has 1 aromatic carbocycles. The Morgan fingerprint density at radius 1 is 1.32 bits per heavy atom. The molecule has 1 fully saturated rings. The number of aromatic amines is 1. The van der Waals surface area contributed by atoms with Crippen LogP contribution < -0.4 is 5.43 Å². The fourth-order valence-corrected chi connectivity index (χ4v) is 2.85. The van der Waals surface area contributed by atoms with Gasteiger partial charge in [-0.25, -0.2) is 5.01 Å². The van der Waals surface area contributed by atoms with Crippen LogP contribution in [-0.4, -0.2) is 34.2 Å². The Hall–Kier alpha value is -1.15. The molecule has 2 heterocycles. The van der Waals surface area contributed by atoms with E-state index in [0.29, 0.717) is 5.69 Å². The zero-order chi connectivity index (χ0) is 13.2. The first-order chi connectivity index (χ1) is 9.24. The Morgan fingerprint density at radius 2 is 2.11 bits per heavy atom. The quantitative estimate of drug-likeness (QED) is 0.798. The maximum Gasteiger partial charge on any atom is 0.286 e. The fraction of sp³-hybridized carbons (Fsp3) is 0.385. The molecule has 6 heteroatoms. The van der Waals surface area contributed by atoms with Gasteiger partial charge in [0.05, 0.1) is 5.52 Å². The Balaban J connectivity index is 1.82. The number of H-pyrrole nitrogens is 1. The third kappa shape index (κ3) is 2.74. The molecule has 0 bridgehead atoms. The molecule has 1 aromatic heterocycles. The second kappa shape index (κ2) is 5.46. The van der Waals surface area contributed by atoms with Crippen molar-refractivity contribution in [2.24, 2.45) is 0 Å². The zero-order valence-electron chi connectivity index (χ0n) is 10.4. The number of hydrogen-bond acceptors (Lipinski definition) is 3. The summed E-state index contributed by atoms with van der Waals surface area (Å²) in [5.41, 5.74) is 4.31. The highest BCUT2D eigenvalue weighted by atomic mass is 127. The molecule has 0 unspecified atom stereocenters. The van der Waals surface area contributed by atoms with Crippen LogP contribution >= 0.6 is 22.6 Å². The molecule has 0 radical (unpaired) electrons. The van der Waals surface area contributed by atoms with Crippen molar-refractivity contribution in [1.29, 1.82) is 0 Å². The SMILES string of the molecule is O=C(NN1CCCCC1)c1n[nH]c2ccc(I)cc12. The number of amides is 1. The van der Waals surface area contributed by atoms with Crippen LogP contribution in [0.25, 0.3) is 10.9 Å². The summed E-state index contributed by atoms with van der Waals surface area (Å²) in [5, 5.41) is 9.90. The molecule has 0 aliphatic carbocycles. The van der Waals surface area contributed by atoms with Gasteiger partial charge in [0, 0.05) is 22.0 Å². The lowest BCUT2D eigenvalue weighted by molar-refractivity contribution is 0.0746. The van der Waals surface area contributed by atoms with Gasteiger partial charge < -0.3 is 0 Å². The van der Waals surface area contributed by atoms with Crippen molar-refractivity contribution in [3.05, 3.63) is 27.5 Å². The number of fused-ring (bicyclic) bond motifs is 1. The van der Waals surface area contributed by atoms with Gasteiger partial charge >= 0.3 is 0 Å². The van der Waals surface area contributed by atoms with Crippen LogP contribution in [-0.2, 0) is 0 Å². The van der Waals surface area contributed by atoms with Gasteiger partial charge in [0.15, 0.2) is 5.69 Å². The third-order valence-electron chi connectivity index (χ3n) is 3.36. The third-order valence-corrected chi connectivity index (χ3v) is 4.03. The summed E-state index contributed by atoms with van der Waals surface area (Å²) >= 11 is 2.24. The molecular weight excluding hydrogens is 355 g/mol. The average Bonchev–Trinajstić information content (AvgIpc) is 2.82. The lowest BCUT2D eigenvalue weighted by Crippen LogP contribution is -2.45. The van der Waals surface area contributed by atoms with Crippen LogP contribution in [0.1, 0.15) is 29.8 Å². The summed E-state index contributed by atoms with van der Waals surface area (Å²) in [5.74, 6) is -0.129.